The summed E-state index contributed by atoms with van der Waals surface area (Å²) in [5, 5.41) is 9.05. The Morgan fingerprint density at radius 3 is 2.62 bits per heavy atom. The Labute approximate surface area is 197 Å². The van der Waals surface area contributed by atoms with Gasteiger partial charge in [0.1, 0.15) is 17.5 Å². The summed E-state index contributed by atoms with van der Waals surface area (Å²) in [5.41, 5.74) is 0.222. The maximum absolute atomic E-state index is 14.6. The van der Waals surface area contributed by atoms with E-state index in [4.69, 9.17) is 11.6 Å². The number of pyridine rings is 3. The largest absolute Gasteiger partial charge is 0.373 e. The average Bonchev–Trinajstić information content (AvgIpc) is 2.80. The summed E-state index contributed by atoms with van der Waals surface area (Å²) in [6.07, 6.45) is 5.84. The molecule has 34 heavy (non-hydrogen) atoms. The summed E-state index contributed by atoms with van der Waals surface area (Å²) in [6, 6.07) is 4.27. The van der Waals surface area contributed by atoms with Gasteiger partial charge in [0.2, 0.25) is 0 Å². The molecule has 0 aliphatic rings. The minimum Gasteiger partial charge on any atom is -0.373 e. The van der Waals surface area contributed by atoms with Gasteiger partial charge in [-0.1, -0.05) is 18.5 Å². The third-order valence-corrected chi connectivity index (χ3v) is 5.42. The lowest BCUT2D eigenvalue weighted by Crippen LogP contribution is -2.23. The molecule has 11 heteroatoms. The van der Waals surface area contributed by atoms with Gasteiger partial charge in [-0.25, -0.2) is 18.6 Å². The number of urea groups is 1. The standard InChI is InChI=1S/C23H19ClF2N6O2/c1-3-15-16-5-21(27-2)29-8-12(16)11-32(22(15)33)20-7-19(18(26)6-17(20)24)31-23(34)30-14-4-13(25)9-28-10-14/h4-11,27H,3H2,1-2H3,(H2,30,31,34). The fourth-order valence-electron chi connectivity index (χ4n) is 3.53. The number of hydrogen-bond donors (Lipinski definition) is 3. The zero-order valence-electron chi connectivity index (χ0n) is 18.1. The van der Waals surface area contributed by atoms with Crippen molar-refractivity contribution in [3.8, 4) is 5.69 Å². The van der Waals surface area contributed by atoms with Crippen LogP contribution in [0.5, 0.6) is 0 Å². The van der Waals surface area contributed by atoms with Crippen molar-refractivity contribution < 1.29 is 13.6 Å². The number of nitrogens with zero attached hydrogens (tertiary/aromatic N) is 3. The molecule has 0 aliphatic heterocycles. The monoisotopic (exact) mass is 484 g/mol. The smallest absolute Gasteiger partial charge is 0.323 e. The van der Waals surface area contributed by atoms with Gasteiger partial charge in [0.15, 0.2) is 0 Å². The second-order valence-electron chi connectivity index (χ2n) is 7.30. The van der Waals surface area contributed by atoms with Crippen LogP contribution in [0.1, 0.15) is 12.5 Å². The first kappa shape index (κ1) is 23.1. The van der Waals surface area contributed by atoms with Crippen molar-refractivity contribution >= 4 is 45.6 Å². The topological polar surface area (TPSA) is 101 Å². The van der Waals surface area contributed by atoms with Crippen molar-refractivity contribution in [1.82, 2.24) is 14.5 Å². The summed E-state index contributed by atoms with van der Waals surface area (Å²) < 4.78 is 29.2. The molecule has 2 amide bonds. The number of carbonyl (C=O) groups excluding carboxylic acids is 1. The molecule has 0 aliphatic carbocycles. The number of carbonyl (C=O) groups is 1. The van der Waals surface area contributed by atoms with Crippen LogP contribution >= 0.6 is 11.6 Å². The molecule has 3 aromatic heterocycles. The second kappa shape index (κ2) is 9.44. The summed E-state index contributed by atoms with van der Waals surface area (Å²) in [4.78, 5) is 33.5. The van der Waals surface area contributed by atoms with Crippen LogP contribution in [0.4, 0.5) is 30.8 Å². The van der Waals surface area contributed by atoms with Crippen LogP contribution in [-0.2, 0) is 6.42 Å². The van der Waals surface area contributed by atoms with Crippen molar-refractivity contribution in [2.75, 3.05) is 23.0 Å². The molecule has 0 fully saturated rings. The van der Waals surface area contributed by atoms with Crippen molar-refractivity contribution in [2.45, 2.75) is 13.3 Å². The summed E-state index contributed by atoms with van der Waals surface area (Å²) in [7, 11) is 1.73. The third kappa shape index (κ3) is 4.53. The number of rotatable bonds is 5. The number of aromatic nitrogens is 3. The molecule has 3 heterocycles. The number of anilines is 3. The fraction of sp³-hybridized carbons (Fsp3) is 0.130. The number of nitrogens with one attached hydrogen (secondary N) is 3. The molecule has 0 saturated carbocycles. The molecule has 0 unspecified atom stereocenters. The Hall–Kier alpha value is -4.05. The van der Waals surface area contributed by atoms with E-state index >= 15 is 0 Å². The molecule has 8 nitrogen and oxygen atoms in total. The van der Waals surface area contributed by atoms with Crippen LogP contribution in [0.3, 0.4) is 0 Å². The minimum atomic E-state index is -0.830. The highest BCUT2D eigenvalue weighted by molar-refractivity contribution is 6.32. The molecule has 0 saturated heterocycles. The Balaban J connectivity index is 1.75. The Morgan fingerprint density at radius 2 is 1.91 bits per heavy atom. The zero-order chi connectivity index (χ0) is 24.4. The number of halogens is 3. The lowest BCUT2D eigenvalue weighted by atomic mass is 10.1. The molecule has 174 valence electrons. The molecule has 1 aromatic carbocycles. The van der Waals surface area contributed by atoms with Gasteiger partial charge in [-0.3, -0.25) is 14.3 Å². The zero-order valence-corrected chi connectivity index (χ0v) is 18.9. The molecular formula is C23H19ClF2N6O2. The molecule has 4 rings (SSSR count). The fourth-order valence-corrected chi connectivity index (χ4v) is 3.77. The lowest BCUT2D eigenvalue weighted by molar-refractivity contribution is 0.262. The molecule has 3 N–H and O–H groups in total. The normalized spacial score (nSPS) is 10.9. The number of hydrogen-bond acceptors (Lipinski definition) is 5. The van der Waals surface area contributed by atoms with Crippen LogP contribution < -0.4 is 21.5 Å². The molecule has 0 spiro atoms. The van der Waals surface area contributed by atoms with E-state index in [0.29, 0.717) is 23.2 Å². The maximum Gasteiger partial charge on any atom is 0.323 e. The van der Waals surface area contributed by atoms with Gasteiger partial charge in [-0.05, 0) is 30.0 Å². The van der Waals surface area contributed by atoms with Gasteiger partial charge in [0.05, 0.1) is 34.5 Å². The highest BCUT2D eigenvalue weighted by Gasteiger charge is 2.17. The quantitative estimate of drug-likeness (QED) is 0.371. The first-order chi connectivity index (χ1) is 16.3. The van der Waals surface area contributed by atoms with E-state index in [9.17, 15) is 18.4 Å². The van der Waals surface area contributed by atoms with Crippen LogP contribution in [-0.4, -0.2) is 27.6 Å². The van der Waals surface area contributed by atoms with Gasteiger partial charge in [0.25, 0.3) is 5.56 Å². The Bertz CT molecular complexity index is 1470. The van der Waals surface area contributed by atoms with Crippen molar-refractivity contribution in [1.29, 1.82) is 0 Å². The van der Waals surface area contributed by atoms with Crippen molar-refractivity contribution in [3.63, 3.8) is 0 Å². The molecule has 0 bridgehead atoms. The third-order valence-electron chi connectivity index (χ3n) is 5.12. The number of amides is 2. The van der Waals surface area contributed by atoms with Crippen LogP contribution in [0, 0.1) is 11.6 Å². The van der Waals surface area contributed by atoms with E-state index in [-0.39, 0.29) is 27.6 Å². The van der Waals surface area contributed by atoms with E-state index < -0.39 is 17.7 Å². The maximum atomic E-state index is 14.6. The van der Waals surface area contributed by atoms with E-state index in [1.807, 2.05) is 6.92 Å². The number of fused-ring (bicyclic) bond motifs is 1. The van der Waals surface area contributed by atoms with Crippen molar-refractivity contribution in [3.05, 3.63) is 81.6 Å². The minimum absolute atomic E-state index is 0.0268. The lowest BCUT2D eigenvalue weighted by Gasteiger charge is -2.15. The van der Waals surface area contributed by atoms with Gasteiger partial charge in [-0.2, -0.15) is 0 Å². The van der Waals surface area contributed by atoms with Gasteiger partial charge < -0.3 is 16.0 Å². The molecular weight excluding hydrogens is 466 g/mol. The van der Waals surface area contributed by atoms with Gasteiger partial charge in [0, 0.05) is 36.5 Å². The molecule has 0 radical (unpaired) electrons. The van der Waals surface area contributed by atoms with Gasteiger partial charge >= 0.3 is 6.03 Å². The predicted molar refractivity (Wildman–Crippen MR) is 128 cm³/mol. The summed E-state index contributed by atoms with van der Waals surface area (Å²) >= 11 is 6.28. The van der Waals surface area contributed by atoms with Crippen LogP contribution in [0.25, 0.3) is 16.5 Å². The first-order valence-corrected chi connectivity index (χ1v) is 10.6. The first-order valence-electron chi connectivity index (χ1n) is 10.2. The van der Waals surface area contributed by atoms with Crippen LogP contribution in [0.15, 0.2) is 53.8 Å². The highest BCUT2D eigenvalue weighted by Crippen LogP contribution is 2.29. The number of aryl methyl sites for hydroxylation is 1. The van der Waals surface area contributed by atoms with Crippen molar-refractivity contribution in [2.24, 2.45) is 0 Å². The van der Waals surface area contributed by atoms with Crippen LogP contribution in [0.2, 0.25) is 5.02 Å². The van der Waals surface area contributed by atoms with E-state index in [1.165, 1.54) is 16.8 Å². The summed E-state index contributed by atoms with van der Waals surface area (Å²) in [5.74, 6) is -0.840. The molecule has 4 aromatic rings. The Kier molecular flexibility index (Phi) is 6.42. The SMILES string of the molecule is CCc1c(=O)n(-c2cc(NC(=O)Nc3cncc(F)c3)c(F)cc2Cl)cc2cnc(NC)cc12. The summed E-state index contributed by atoms with van der Waals surface area (Å²) in [6.45, 7) is 1.85. The van der Waals surface area contributed by atoms with E-state index in [0.717, 1.165) is 23.7 Å². The highest BCUT2D eigenvalue weighted by atomic mass is 35.5. The second-order valence-corrected chi connectivity index (χ2v) is 7.70. The van der Waals surface area contributed by atoms with E-state index in [2.05, 4.69) is 25.9 Å². The Morgan fingerprint density at radius 1 is 1.12 bits per heavy atom. The average molecular weight is 485 g/mol. The van der Waals surface area contributed by atoms with Gasteiger partial charge in [-0.15, -0.1) is 0 Å². The predicted octanol–water partition coefficient (Wildman–Crippen LogP) is 4.96. The van der Waals surface area contributed by atoms with E-state index in [1.54, 1.807) is 25.5 Å². The molecule has 0 atom stereocenters. The number of benzene rings is 1.